The Balaban J connectivity index is 1.61. The highest BCUT2D eigenvalue weighted by Crippen LogP contribution is 2.26. The first-order valence-electron chi connectivity index (χ1n) is 7.41. The van der Waals surface area contributed by atoms with Crippen molar-refractivity contribution in [2.24, 2.45) is 0 Å². The number of likely N-dealkylation sites (tertiary alicyclic amines) is 1. The molecule has 2 aromatic rings. The van der Waals surface area contributed by atoms with Gasteiger partial charge in [-0.05, 0) is 25.0 Å². The minimum atomic E-state index is -0.211. The van der Waals surface area contributed by atoms with E-state index < -0.39 is 0 Å². The molecule has 0 aliphatic carbocycles. The van der Waals surface area contributed by atoms with Crippen LogP contribution in [0.15, 0.2) is 29.6 Å². The predicted molar refractivity (Wildman–Crippen MR) is 91.6 cm³/mol. The molecule has 0 bridgehead atoms. The molecular formula is C16H16ClN3O2S. The standard InChI is InChI=1S/C16H16ClN3O2S/c17-12-6-4-11(5-7-12)13-10-23-16(18-13)19-14(21)9-20-8-2-1-3-15(20)22/h4-7,10H,1-3,8-9H2,(H,18,19,21). The molecule has 0 spiro atoms. The average molecular weight is 350 g/mol. The summed E-state index contributed by atoms with van der Waals surface area (Å²) in [6.07, 6.45) is 2.40. The Bertz CT molecular complexity index is 714. The van der Waals surface area contributed by atoms with Crippen molar-refractivity contribution in [3.63, 3.8) is 0 Å². The molecule has 1 fully saturated rings. The molecule has 1 aromatic carbocycles. The van der Waals surface area contributed by atoms with Crippen LogP contribution in [0.3, 0.4) is 0 Å². The number of hydrogen-bond acceptors (Lipinski definition) is 4. The molecule has 0 unspecified atom stereocenters. The van der Waals surface area contributed by atoms with E-state index in [4.69, 9.17) is 11.6 Å². The highest BCUT2D eigenvalue weighted by atomic mass is 35.5. The van der Waals surface area contributed by atoms with Crippen LogP contribution in [0.4, 0.5) is 5.13 Å². The van der Waals surface area contributed by atoms with E-state index in [1.807, 2.05) is 17.5 Å². The summed E-state index contributed by atoms with van der Waals surface area (Å²) in [5, 5.41) is 5.84. The maximum atomic E-state index is 12.1. The third-order valence-electron chi connectivity index (χ3n) is 3.65. The molecule has 5 nitrogen and oxygen atoms in total. The van der Waals surface area contributed by atoms with Gasteiger partial charge in [0.05, 0.1) is 12.2 Å². The minimum Gasteiger partial charge on any atom is -0.333 e. The fraction of sp³-hybridized carbons (Fsp3) is 0.312. The van der Waals surface area contributed by atoms with Gasteiger partial charge in [-0.3, -0.25) is 9.59 Å². The lowest BCUT2D eigenvalue weighted by molar-refractivity contribution is -0.136. The van der Waals surface area contributed by atoms with Gasteiger partial charge in [0.25, 0.3) is 0 Å². The number of hydrogen-bond donors (Lipinski definition) is 1. The highest BCUT2D eigenvalue weighted by Gasteiger charge is 2.20. The second-order valence-corrected chi connectivity index (χ2v) is 6.66. The van der Waals surface area contributed by atoms with Gasteiger partial charge in [0.15, 0.2) is 5.13 Å². The zero-order valence-corrected chi connectivity index (χ0v) is 14.0. The maximum Gasteiger partial charge on any atom is 0.245 e. The number of halogens is 1. The molecule has 1 saturated heterocycles. The summed E-state index contributed by atoms with van der Waals surface area (Å²) in [6, 6.07) is 7.37. The van der Waals surface area contributed by atoms with Crippen LogP contribution in [0.2, 0.25) is 5.02 Å². The SMILES string of the molecule is O=C(CN1CCCCC1=O)Nc1nc(-c2ccc(Cl)cc2)cs1. The Labute approximate surface area is 143 Å². The lowest BCUT2D eigenvalue weighted by Crippen LogP contribution is -2.40. The minimum absolute atomic E-state index is 0.0485. The van der Waals surface area contributed by atoms with Crippen molar-refractivity contribution in [1.82, 2.24) is 9.88 Å². The molecule has 0 atom stereocenters. The van der Waals surface area contributed by atoms with E-state index in [-0.39, 0.29) is 18.4 Å². The van der Waals surface area contributed by atoms with Crippen LogP contribution in [-0.4, -0.2) is 34.8 Å². The van der Waals surface area contributed by atoms with E-state index in [1.165, 1.54) is 11.3 Å². The van der Waals surface area contributed by atoms with Crippen molar-refractivity contribution in [3.05, 3.63) is 34.7 Å². The number of piperidine rings is 1. The Morgan fingerprint density at radius 3 is 2.83 bits per heavy atom. The summed E-state index contributed by atoms with van der Waals surface area (Å²) >= 11 is 7.23. The first kappa shape index (κ1) is 16.0. The topological polar surface area (TPSA) is 62.3 Å². The van der Waals surface area contributed by atoms with Gasteiger partial charge in [-0.2, -0.15) is 0 Å². The number of benzene rings is 1. The first-order chi connectivity index (χ1) is 11.1. The second-order valence-electron chi connectivity index (χ2n) is 5.37. The normalized spacial score (nSPS) is 14.8. The first-order valence-corrected chi connectivity index (χ1v) is 8.67. The predicted octanol–water partition coefficient (Wildman–Crippen LogP) is 3.41. The van der Waals surface area contributed by atoms with Gasteiger partial charge in [0.2, 0.25) is 11.8 Å². The van der Waals surface area contributed by atoms with Gasteiger partial charge < -0.3 is 10.2 Å². The number of nitrogens with one attached hydrogen (secondary N) is 1. The molecule has 2 heterocycles. The zero-order valence-electron chi connectivity index (χ0n) is 12.4. The van der Waals surface area contributed by atoms with E-state index in [9.17, 15) is 9.59 Å². The third kappa shape index (κ3) is 4.09. The number of nitrogens with zero attached hydrogens (tertiary/aromatic N) is 2. The quantitative estimate of drug-likeness (QED) is 0.920. The fourth-order valence-electron chi connectivity index (χ4n) is 2.45. The third-order valence-corrected chi connectivity index (χ3v) is 4.66. The van der Waals surface area contributed by atoms with E-state index >= 15 is 0 Å². The smallest absolute Gasteiger partial charge is 0.245 e. The van der Waals surface area contributed by atoms with Gasteiger partial charge >= 0.3 is 0 Å². The van der Waals surface area contributed by atoms with Crippen LogP contribution in [0.1, 0.15) is 19.3 Å². The molecule has 23 heavy (non-hydrogen) atoms. The molecule has 2 amide bonds. The number of rotatable bonds is 4. The van der Waals surface area contributed by atoms with E-state index in [1.54, 1.807) is 17.0 Å². The van der Waals surface area contributed by atoms with Crippen LogP contribution in [0, 0.1) is 0 Å². The number of carbonyl (C=O) groups is 2. The molecule has 1 aromatic heterocycles. The van der Waals surface area contributed by atoms with Crippen LogP contribution < -0.4 is 5.32 Å². The summed E-state index contributed by atoms with van der Waals surface area (Å²) in [5.74, 6) is -0.162. The van der Waals surface area contributed by atoms with Crippen molar-refractivity contribution in [3.8, 4) is 11.3 Å². The fourth-order valence-corrected chi connectivity index (χ4v) is 3.31. The van der Waals surface area contributed by atoms with Crippen LogP contribution in [0.5, 0.6) is 0 Å². The lowest BCUT2D eigenvalue weighted by Gasteiger charge is -2.25. The second kappa shape index (κ2) is 7.10. The molecule has 120 valence electrons. The molecular weight excluding hydrogens is 334 g/mol. The van der Waals surface area contributed by atoms with Crippen LogP contribution >= 0.6 is 22.9 Å². The van der Waals surface area contributed by atoms with Crippen molar-refractivity contribution < 1.29 is 9.59 Å². The summed E-state index contributed by atoms with van der Waals surface area (Å²) in [6.45, 7) is 0.745. The Morgan fingerprint density at radius 2 is 2.09 bits per heavy atom. The molecule has 7 heteroatoms. The summed E-state index contributed by atoms with van der Waals surface area (Å²) < 4.78 is 0. The van der Waals surface area contributed by atoms with Crippen LogP contribution in [0.25, 0.3) is 11.3 Å². The largest absolute Gasteiger partial charge is 0.333 e. The molecule has 3 rings (SSSR count). The Kier molecular flexibility index (Phi) is 4.93. The Hall–Kier alpha value is -1.92. The molecule has 1 aliphatic heterocycles. The average Bonchev–Trinajstić information content (AvgIpc) is 2.98. The van der Waals surface area contributed by atoms with Gasteiger partial charge in [0.1, 0.15) is 0 Å². The zero-order chi connectivity index (χ0) is 16.2. The van der Waals surface area contributed by atoms with E-state index in [2.05, 4.69) is 10.3 Å². The monoisotopic (exact) mass is 349 g/mol. The maximum absolute atomic E-state index is 12.1. The van der Waals surface area contributed by atoms with Crippen molar-refractivity contribution in [1.29, 1.82) is 0 Å². The summed E-state index contributed by atoms with van der Waals surface area (Å²) in [5.41, 5.74) is 1.73. The molecule has 0 radical (unpaired) electrons. The number of thiazole rings is 1. The molecule has 0 saturated carbocycles. The Morgan fingerprint density at radius 1 is 1.30 bits per heavy atom. The number of anilines is 1. The summed E-state index contributed by atoms with van der Waals surface area (Å²) in [7, 11) is 0. The number of carbonyl (C=O) groups excluding carboxylic acids is 2. The van der Waals surface area contributed by atoms with Gasteiger partial charge in [-0.1, -0.05) is 23.7 Å². The summed E-state index contributed by atoms with van der Waals surface area (Å²) in [4.78, 5) is 29.8. The van der Waals surface area contributed by atoms with Crippen molar-refractivity contribution in [2.45, 2.75) is 19.3 Å². The van der Waals surface area contributed by atoms with Gasteiger partial charge in [-0.25, -0.2) is 4.98 Å². The van der Waals surface area contributed by atoms with E-state index in [0.29, 0.717) is 23.1 Å². The van der Waals surface area contributed by atoms with Crippen molar-refractivity contribution in [2.75, 3.05) is 18.4 Å². The highest BCUT2D eigenvalue weighted by molar-refractivity contribution is 7.14. The molecule has 1 aliphatic rings. The lowest BCUT2D eigenvalue weighted by atomic mass is 10.1. The van der Waals surface area contributed by atoms with Gasteiger partial charge in [-0.15, -0.1) is 11.3 Å². The van der Waals surface area contributed by atoms with Crippen LogP contribution in [-0.2, 0) is 9.59 Å². The number of amides is 2. The van der Waals surface area contributed by atoms with Gasteiger partial charge in [0, 0.05) is 28.9 Å². The van der Waals surface area contributed by atoms with Crippen molar-refractivity contribution >= 4 is 39.9 Å². The van der Waals surface area contributed by atoms with E-state index in [0.717, 1.165) is 24.1 Å². The molecule has 1 N–H and O–H groups in total. The number of aromatic nitrogens is 1.